The van der Waals surface area contributed by atoms with Gasteiger partial charge in [0.1, 0.15) is 0 Å². The molecule has 1 aromatic rings. The molecule has 0 aromatic heterocycles. The second kappa shape index (κ2) is 6.11. The summed E-state index contributed by atoms with van der Waals surface area (Å²) < 4.78 is 0.877. The number of halogens is 2. The summed E-state index contributed by atoms with van der Waals surface area (Å²) in [6.07, 6.45) is 1.77. The van der Waals surface area contributed by atoms with E-state index in [-0.39, 0.29) is 18.7 Å². The van der Waals surface area contributed by atoms with E-state index in [1.807, 2.05) is 13.0 Å². The predicted octanol–water partition coefficient (Wildman–Crippen LogP) is 3.40. The van der Waals surface area contributed by atoms with Gasteiger partial charge in [0.25, 0.3) is 0 Å². The average Bonchev–Trinajstić information content (AvgIpc) is 2.81. The van der Waals surface area contributed by atoms with Crippen LogP contribution in [0.2, 0.25) is 5.02 Å². The highest BCUT2D eigenvalue weighted by molar-refractivity contribution is 9.10. The molecular formula is C13H16BrClN2O2. The number of benzene rings is 1. The summed E-state index contributed by atoms with van der Waals surface area (Å²) in [5, 5.41) is 12.6. The molecule has 0 saturated carbocycles. The van der Waals surface area contributed by atoms with E-state index in [1.54, 1.807) is 11.0 Å². The minimum atomic E-state index is -0.205. The van der Waals surface area contributed by atoms with Crippen LogP contribution in [0.3, 0.4) is 0 Å². The lowest BCUT2D eigenvalue weighted by Gasteiger charge is -2.24. The van der Waals surface area contributed by atoms with Gasteiger partial charge in [0.2, 0.25) is 0 Å². The van der Waals surface area contributed by atoms with Gasteiger partial charge in [0, 0.05) is 11.0 Å². The first kappa shape index (κ1) is 14.6. The molecule has 1 fully saturated rings. The van der Waals surface area contributed by atoms with E-state index in [0.717, 1.165) is 22.9 Å². The van der Waals surface area contributed by atoms with Crippen molar-refractivity contribution in [2.45, 2.75) is 25.8 Å². The Morgan fingerprint density at radius 1 is 1.63 bits per heavy atom. The number of anilines is 1. The first-order valence-corrected chi connectivity index (χ1v) is 7.34. The van der Waals surface area contributed by atoms with Gasteiger partial charge in [-0.25, -0.2) is 4.79 Å². The van der Waals surface area contributed by atoms with Crippen molar-refractivity contribution in [1.82, 2.24) is 4.90 Å². The molecule has 104 valence electrons. The fourth-order valence-electron chi connectivity index (χ4n) is 2.33. The van der Waals surface area contributed by atoms with Crippen molar-refractivity contribution >= 4 is 39.2 Å². The van der Waals surface area contributed by atoms with Gasteiger partial charge in [-0.15, -0.1) is 0 Å². The fraction of sp³-hybridized carbons (Fsp3) is 0.462. The second-order valence-corrected chi connectivity index (χ2v) is 6.00. The number of carbonyl (C=O) groups is 1. The van der Waals surface area contributed by atoms with Gasteiger partial charge in [-0.1, -0.05) is 27.5 Å². The van der Waals surface area contributed by atoms with Crippen LogP contribution < -0.4 is 5.32 Å². The van der Waals surface area contributed by atoms with Crippen LogP contribution in [-0.4, -0.2) is 35.2 Å². The minimum Gasteiger partial charge on any atom is -0.394 e. The lowest BCUT2D eigenvalue weighted by Crippen LogP contribution is -2.40. The maximum Gasteiger partial charge on any atom is 0.322 e. The lowest BCUT2D eigenvalue weighted by atomic mass is 10.2. The largest absolute Gasteiger partial charge is 0.394 e. The van der Waals surface area contributed by atoms with Gasteiger partial charge in [-0.05, 0) is 37.5 Å². The normalized spacial score (nSPS) is 18.7. The summed E-state index contributed by atoms with van der Waals surface area (Å²) in [4.78, 5) is 13.9. The summed E-state index contributed by atoms with van der Waals surface area (Å²) in [6.45, 7) is 2.56. The number of urea groups is 1. The first-order valence-electron chi connectivity index (χ1n) is 6.17. The third-order valence-corrected chi connectivity index (χ3v) is 4.09. The van der Waals surface area contributed by atoms with Crippen molar-refractivity contribution in [3.8, 4) is 0 Å². The van der Waals surface area contributed by atoms with Crippen molar-refractivity contribution in [2.75, 3.05) is 18.5 Å². The van der Waals surface area contributed by atoms with Crippen LogP contribution >= 0.6 is 27.5 Å². The van der Waals surface area contributed by atoms with E-state index in [9.17, 15) is 9.90 Å². The van der Waals surface area contributed by atoms with E-state index in [4.69, 9.17) is 11.6 Å². The molecule has 0 unspecified atom stereocenters. The maximum absolute atomic E-state index is 12.2. The molecule has 4 nitrogen and oxygen atoms in total. The van der Waals surface area contributed by atoms with Crippen LogP contribution in [0.4, 0.5) is 10.5 Å². The number of likely N-dealkylation sites (tertiary alicyclic amines) is 1. The number of nitrogens with one attached hydrogen (secondary N) is 1. The predicted molar refractivity (Wildman–Crippen MR) is 79.7 cm³/mol. The Morgan fingerprint density at radius 3 is 3.00 bits per heavy atom. The van der Waals surface area contributed by atoms with Crippen LogP contribution in [0.5, 0.6) is 0 Å². The molecule has 1 aliphatic rings. The number of aryl methyl sites for hydroxylation is 1. The van der Waals surface area contributed by atoms with Crippen LogP contribution in [-0.2, 0) is 0 Å². The Labute approximate surface area is 125 Å². The van der Waals surface area contributed by atoms with Gasteiger partial charge in [0.15, 0.2) is 0 Å². The van der Waals surface area contributed by atoms with Gasteiger partial charge >= 0.3 is 6.03 Å². The fourth-order valence-corrected chi connectivity index (χ4v) is 3.35. The molecule has 6 heteroatoms. The zero-order valence-corrected chi connectivity index (χ0v) is 13.0. The Kier molecular flexibility index (Phi) is 4.71. The van der Waals surface area contributed by atoms with Gasteiger partial charge in [-0.2, -0.15) is 0 Å². The maximum atomic E-state index is 12.2. The minimum absolute atomic E-state index is 0.000468. The molecule has 0 radical (unpaired) electrons. The van der Waals surface area contributed by atoms with Crippen LogP contribution in [0.25, 0.3) is 0 Å². The monoisotopic (exact) mass is 346 g/mol. The molecule has 1 aromatic carbocycles. The Hall–Kier alpha value is -0.780. The van der Waals surface area contributed by atoms with Gasteiger partial charge in [0.05, 0.1) is 23.4 Å². The van der Waals surface area contributed by atoms with Crippen molar-refractivity contribution in [3.05, 3.63) is 27.2 Å². The molecule has 2 N–H and O–H groups in total. The smallest absolute Gasteiger partial charge is 0.322 e. The third kappa shape index (κ3) is 3.22. The molecule has 1 saturated heterocycles. The summed E-state index contributed by atoms with van der Waals surface area (Å²) in [5.74, 6) is 0. The highest BCUT2D eigenvalue weighted by Gasteiger charge is 2.28. The molecule has 2 rings (SSSR count). The van der Waals surface area contributed by atoms with Crippen molar-refractivity contribution in [3.63, 3.8) is 0 Å². The summed E-state index contributed by atoms with van der Waals surface area (Å²) in [5.41, 5.74) is 1.52. The number of nitrogens with zero attached hydrogens (tertiary/aromatic N) is 1. The van der Waals surface area contributed by atoms with Crippen LogP contribution in [0, 0.1) is 6.92 Å². The zero-order chi connectivity index (χ0) is 14.0. The van der Waals surface area contributed by atoms with Crippen molar-refractivity contribution < 1.29 is 9.90 Å². The molecule has 0 bridgehead atoms. The Bertz CT molecular complexity index is 473. The highest BCUT2D eigenvalue weighted by Crippen LogP contribution is 2.30. The molecule has 2 amide bonds. The van der Waals surface area contributed by atoms with Crippen molar-refractivity contribution in [1.29, 1.82) is 0 Å². The van der Waals surface area contributed by atoms with Crippen molar-refractivity contribution in [2.24, 2.45) is 0 Å². The van der Waals surface area contributed by atoms with E-state index in [1.165, 1.54) is 0 Å². The second-order valence-electron chi connectivity index (χ2n) is 4.68. The summed E-state index contributed by atoms with van der Waals surface area (Å²) >= 11 is 9.50. The van der Waals surface area contributed by atoms with Crippen LogP contribution in [0.15, 0.2) is 16.6 Å². The molecule has 1 atom stereocenters. The highest BCUT2D eigenvalue weighted by atomic mass is 79.9. The van der Waals surface area contributed by atoms with Crippen LogP contribution in [0.1, 0.15) is 18.4 Å². The topological polar surface area (TPSA) is 52.6 Å². The van der Waals surface area contributed by atoms with Gasteiger partial charge < -0.3 is 15.3 Å². The number of carbonyl (C=O) groups excluding carboxylic acids is 1. The van der Waals surface area contributed by atoms with E-state index in [0.29, 0.717) is 17.3 Å². The van der Waals surface area contributed by atoms with E-state index < -0.39 is 0 Å². The SMILES string of the molecule is Cc1cc(Br)cc(Cl)c1NC(=O)N1CCC[C@@H]1CO. The molecule has 1 aliphatic heterocycles. The molecule has 1 heterocycles. The Balaban J connectivity index is 2.15. The van der Waals surface area contributed by atoms with E-state index in [2.05, 4.69) is 21.2 Å². The van der Waals surface area contributed by atoms with Gasteiger partial charge in [-0.3, -0.25) is 0 Å². The number of aliphatic hydroxyl groups excluding tert-OH is 1. The quantitative estimate of drug-likeness (QED) is 0.861. The Morgan fingerprint density at radius 2 is 2.37 bits per heavy atom. The standard InChI is InChI=1S/C13H16BrClN2O2/c1-8-5-9(14)6-11(15)12(8)16-13(19)17-4-2-3-10(17)7-18/h5-6,10,18H,2-4,7H2,1H3,(H,16,19)/t10-/m1/s1. The molecule has 0 spiro atoms. The number of aliphatic hydroxyl groups is 1. The first-order chi connectivity index (χ1) is 9.02. The number of hydrogen-bond donors (Lipinski definition) is 2. The molecular weight excluding hydrogens is 332 g/mol. The summed E-state index contributed by atoms with van der Waals surface area (Å²) in [6, 6.07) is 3.35. The summed E-state index contributed by atoms with van der Waals surface area (Å²) in [7, 11) is 0. The third-order valence-electron chi connectivity index (χ3n) is 3.33. The lowest BCUT2D eigenvalue weighted by molar-refractivity contribution is 0.166. The molecule has 0 aliphatic carbocycles. The van der Waals surface area contributed by atoms with E-state index >= 15 is 0 Å². The zero-order valence-electron chi connectivity index (χ0n) is 10.6. The number of hydrogen-bond acceptors (Lipinski definition) is 2. The average molecular weight is 348 g/mol. The number of amides is 2. The number of rotatable bonds is 2. The molecule has 19 heavy (non-hydrogen) atoms.